The largest absolute Gasteiger partial charge is 0.391 e. The molecule has 166 valence electrons. The molecule has 0 amide bonds. The van der Waals surface area contributed by atoms with E-state index in [2.05, 4.69) is 25.4 Å². The van der Waals surface area contributed by atoms with Gasteiger partial charge in [0.1, 0.15) is 29.5 Å². The van der Waals surface area contributed by atoms with Gasteiger partial charge in [-0.2, -0.15) is 10.4 Å². The second-order valence-corrected chi connectivity index (χ2v) is 8.12. The Hall–Kier alpha value is -3.81. The summed E-state index contributed by atoms with van der Waals surface area (Å²) in [6, 6.07) is 7.90. The topological polar surface area (TPSA) is 116 Å². The molecule has 4 aromatic rings. The SMILES string of the molecule is N#Cc1cc(F)c(-n2ncc3cnc(Nc4cc(N5CCC[C@@H](O)C5)ncn4)cc32)c(Cl)c1. The number of hydrogen-bond acceptors (Lipinski definition) is 8. The van der Waals surface area contributed by atoms with Gasteiger partial charge >= 0.3 is 0 Å². The fourth-order valence-corrected chi connectivity index (χ4v) is 4.17. The number of aromatic nitrogens is 5. The number of anilines is 3. The first-order valence-corrected chi connectivity index (χ1v) is 10.6. The zero-order valence-corrected chi connectivity index (χ0v) is 18.0. The number of rotatable bonds is 4. The fraction of sp³-hybridized carbons (Fsp3) is 0.227. The fourth-order valence-electron chi connectivity index (χ4n) is 3.88. The number of piperidine rings is 1. The number of nitriles is 1. The van der Waals surface area contributed by atoms with Gasteiger partial charge in [0.2, 0.25) is 0 Å². The molecule has 0 saturated carbocycles. The standard InChI is InChI=1S/C22H18ClFN8O/c23-16-4-13(8-25)5-17(24)22(16)32-18-6-19(26-9-14(18)10-29-32)30-20-7-21(28-12-27-20)31-3-1-2-15(33)11-31/h4-7,9-10,12,15,33H,1-3,11H2,(H,26,27,28,30)/t15-/m1/s1. The first-order valence-electron chi connectivity index (χ1n) is 10.3. The van der Waals surface area contributed by atoms with Crippen LogP contribution in [0.25, 0.3) is 16.6 Å². The van der Waals surface area contributed by atoms with E-state index >= 15 is 0 Å². The van der Waals surface area contributed by atoms with Crippen molar-refractivity contribution in [3.05, 3.63) is 59.4 Å². The molecule has 1 aromatic carbocycles. The van der Waals surface area contributed by atoms with Gasteiger partial charge in [-0.15, -0.1) is 0 Å². The number of aliphatic hydroxyl groups is 1. The Morgan fingerprint density at radius 1 is 1.15 bits per heavy atom. The van der Waals surface area contributed by atoms with Crippen molar-refractivity contribution in [3.63, 3.8) is 0 Å². The summed E-state index contributed by atoms with van der Waals surface area (Å²) in [4.78, 5) is 15.0. The molecule has 11 heteroatoms. The third-order valence-electron chi connectivity index (χ3n) is 5.44. The molecule has 2 N–H and O–H groups in total. The van der Waals surface area contributed by atoms with Gasteiger partial charge < -0.3 is 15.3 Å². The van der Waals surface area contributed by atoms with E-state index in [0.717, 1.165) is 25.5 Å². The highest BCUT2D eigenvalue weighted by Crippen LogP contribution is 2.29. The lowest BCUT2D eigenvalue weighted by Crippen LogP contribution is -2.38. The molecule has 0 aliphatic carbocycles. The predicted molar refractivity (Wildman–Crippen MR) is 121 cm³/mol. The lowest BCUT2D eigenvalue weighted by molar-refractivity contribution is 0.154. The van der Waals surface area contributed by atoms with Crippen LogP contribution in [0.2, 0.25) is 5.02 Å². The van der Waals surface area contributed by atoms with E-state index in [1.165, 1.54) is 17.1 Å². The highest BCUT2D eigenvalue weighted by molar-refractivity contribution is 6.32. The molecule has 1 atom stereocenters. The molecule has 5 rings (SSSR count). The van der Waals surface area contributed by atoms with Gasteiger partial charge in [-0.1, -0.05) is 11.6 Å². The minimum absolute atomic E-state index is 0.0517. The van der Waals surface area contributed by atoms with Gasteiger partial charge in [0.05, 0.1) is 34.5 Å². The molecule has 1 aliphatic rings. The number of aliphatic hydroxyl groups excluding tert-OH is 1. The molecule has 1 fully saturated rings. The van der Waals surface area contributed by atoms with Crippen molar-refractivity contribution < 1.29 is 9.50 Å². The van der Waals surface area contributed by atoms with E-state index < -0.39 is 5.82 Å². The Morgan fingerprint density at radius 3 is 2.79 bits per heavy atom. The summed E-state index contributed by atoms with van der Waals surface area (Å²) in [6.07, 6.45) is 5.93. The van der Waals surface area contributed by atoms with Crippen molar-refractivity contribution in [1.82, 2.24) is 24.7 Å². The van der Waals surface area contributed by atoms with E-state index in [0.29, 0.717) is 34.9 Å². The van der Waals surface area contributed by atoms with Crippen molar-refractivity contribution in [2.75, 3.05) is 23.3 Å². The first kappa shape index (κ1) is 21.1. The van der Waals surface area contributed by atoms with Crippen molar-refractivity contribution in [2.24, 2.45) is 0 Å². The minimum atomic E-state index is -0.653. The molecule has 33 heavy (non-hydrogen) atoms. The molecular weight excluding hydrogens is 447 g/mol. The van der Waals surface area contributed by atoms with E-state index in [9.17, 15) is 9.50 Å². The van der Waals surface area contributed by atoms with Crippen LogP contribution in [0.5, 0.6) is 0 Å². The second-order valence-electron chi connectivity index (χ2n) is 7.71. The number of benzene rings is 1. The molecular formula is C22H18ClFN8O. The number of nitrogens with one attached hydrogen (secondary N) is 1. The zero-order chi connectivity index (χ0) is 22.9. The van der Waals surface area contributed by atoms with E-state index in [-0.39, 0.29) is 22.4 Å². The van der Waals surface area contributed by atoms with Crippen LogP contribution < -0.4 is 10.2 Å². The molecule has 0 radical (unpaired) electrons. The number of nitrogens with zero attached hydrogens (tertiary/aromatic N) is 7. The van der Waals surface area contributed by atoms with Gasteiger partial charge in [-0.05, 0) is 25.0 Å². The number of halogens is 2. The number of hydrogen-bond donors (Lipinski definition) is 2. The maximum Gasteiger partial charge on any atom is 0.151 e. The zero-order valence-electron chi connectivity index (χ0n) is 17.3. The lowest BCUT2D eigenvalue weighted by atomic mass is 10.1. The van der Waals surface area contributed by atoms with E-state index in [4.69, 9.17) is 16.9 Å². The Labute approximate surface area is 193 Å². The number of pyridine rings is 1. The molecule has 0 bridgehead atoms. The normalized spacial score (nSPS) is 16.1. The van der Waals surface area contributed by atoms with Crippen LogP contribution in [0.3, 0.4) is 0 Å². The van der Waals surface area contributed by atoms with Gasteiger partial charge in [-0.25, -0.2) is 24.0 Å². The van der Waals surface area contributed by atoms with Crippen LogP contribution in [-0.2, 0) is 0 Å². The average Bonchev–Trinajstić information content (AvgIpc) is 3.21. The maximum absolute atomic E-state index is 14.7. The van der Waals surface area contributed by atoms with Crippen LogP contribution >= 0.6 is 11.6 Å². The molecule has 1 aliphatic heterocycles. The van der Waals surface area contributed by atoms with Gasteiger partial charge in [0.15, 0.2) is 5.82 Å². The summed E-state index contributed by atoms with van der Waals surface area (Å²) < 4.78 is 16.1. The molecule has 9 nitrogen and oxygen atoms in total. The van der Waals surface area contributed by atoms with Gasteiger partial charge in [0.25, 0.3) is 0 Å². The highest BCUT2D eigenvalue weighted by Gasteiger charge is 2.20. The summed E-state index contributed by atoms with van der Waals surface area (Å²) in [6.45, 7) is 1.34. The third-order valence-corrected chi connectivity index (χ3v) is 5.73. The van der Waals surface area contributed by atoms with Crippen LogP contribution in [0.15, 0.2) is 43.0 Å². The highest BCUT2D eigenvalue weighted by atomic mass is 35.5. The Bertz CT molecular complexity index is 1360. The second kappa shape index (κ2) is 8.61. The monoisotopic (exact) mass is 464 g/mol. The Kier molecular flexibility index (Phi) is 5.50. The van der Waals surface area contributed by atoms with Gasteiger partial charge in [-0.3, -0.25) is 0 Å². The molecule has 0 unspecified atom stereocenters. The van der Waals surface area contributed by atoms with E-state index in [1.54, 1.807) is 24.5 Å². The van der Waals surface area contributed by atoms with Crippen LogP contribution in [0.4, 0.5) is 21.8 Å². The molecule has 4 heterocycles. The summed E-state index contributed by atoms with van der Waals surface area (Å²) in [7, 11) is 0. The quantitative estimate of drug-likeness (QED) is 0.471. The predicted octanol–water partition coefficient (Wildman–Crippen LogP) is 3.58. The molecule has 1 saturated heterocycles. The van der Waals surface area contributed by atoms with Crippen molar-refractivity contribution in [1.29, 1.82) is 5.26 Å². The minimum Gasteiger partial charge on any atom is -0.391 e. The van der Waals surface area contributed by atoms with Crippen LogP contribution in [0, 0.1) is 17.1 Å². The maximum atomic E-state index is 14.7. The molecule has 3 aromatic heterocycles. The van der Waals surface area contributed by atoms with Gasteiger partial charge in [0, 0.05) is 36.8 Å². The number of fused-ring (bicyclic) bond motifs is 1. The Balaban J connectivity index is 1.47. The van der Waals surface area contributed by atoms with Crippen molar-refractivity contribution >= 4 is 40.0 Å². The van der Waals surface area contributed by atoms with Crippen molar-refractivity contribution in [2.45, 2.75) is 18.9 Å². The van der Waals surface area contributed by atoms with E-state index in [1.807, 2.05) is 11.0 Å². The average molecular weight is 465 g/mol. The molecule has 0 spiro atoms. The smallest absolute Gasteiger partial charge is 0.151 e. The summed E-state index contributed by atoms with van der Waals surface area (Å²) in [5.41, 5.74) is 0.754. The Morgan fingerprint density at radius 2 is 2.00 bits per heavy atom. The summed E-state index contributed by atoms with van der Waals surface area (Å²) >= 11 is 6.25. The number of β-amino-alcohol motifs (C(OH)–C–C–N with tert-alkyl or cyclic N) is 1. The third kappa shape index (κ3) is 4.16. The lowest BCUT2D eigenvalue weighted by Gasteiger charge is -2.31. The van der Waals surface area contributed by atoms with Crippen molar-refractivity contribution in [3.8, 4) is 11.8 Å². The first-order chi connectivity index (χ1) is 16.0. The summed E-state index contributed by atoms with van der Waals surface area (Å²) in [5.74, 6) is 1.06. The van der Waals surface area contributed by atoms with Crippen LogP contribution in [-0.4, -0.2) is 49.0 Å². The van der Waals surface area contributed by atoms with Crippen LogP contribution in [0.1, 0.15) is 18.4 Å². The summed E-state index contributed by atoms with van der Waals surface area (Å²) in [5, 5.41) is 27.1.